The topological polar surface area (TPSA) is 26.8 Å². The number of unbranched alkanes of at least 4 members (excludes halogenated alkanes) is 1. The Bertz CT molecular complexity index is 306. The number of hydrogen-bond donors (Lipinski definition) is 0. The molecule has 0 aromatic carbocycles. The fraction of sp³-hybridized carbons (Fsp3) is 0.947. The summed E-state index contributed by atoms with van der Waals surface area (Å²) in [4.78, 5) is 19.2. The number of piperidine rings is 1. The first-order chi connectivity index (χ1) is 11.1. The van der Waals surface area contributed by atoms with Crippen molar-refractivity contribution in [1.29, 1.82) is 0 Å². The van der Waals surface area contributed by atoms with Crippen LogP contribution >= 0.6 is 0 Å². The van der Waals surface area contributed by atoms with Gasteiger partial charge in [-0.1, -0.05) is 40.5 Å². The fourth-order valence-corrected chi connectivity index (χ4v) is 3.10. The number of carbonyl (C=O) groups excluding carboxylic acids is 1. The van der Waals surface area contributed by atoms with E-state index in [9.17, 15) is 4.79 Å². The van der Waals surface area contributed by atoms with Crippen LogP contribution in [0.25, 0.3) is 0 Å². The first-order valence-corrected chi connectivity index (χ1v) is 9.83. The van der Waals surface area contributed by atoms with Gasteiger partial charge in [0.25, 0.3) is 0 Å². The molecule has 0 aliphatic carbocycles. The second-order valence-corrected chi connectivity index (χ2v) is 7.24. The van der Waals surface area contributed by atoms with E-state index in [1.807, 2.05) is 0 Å². The molecule has 0 bridgehead atoms. The number of carbonyl (C=O) groups is 1. The van der Waals surface area contributed by atoms with Crippen molar-refractivity contribution in [3.8, 4) is 0 Å². The van der Waals surface area contributed by atoms with Crippen molar-refractivity contribution in [2.24, 2.45) is 5.92 Å². The van der Waals surface area contributed by atoms with Gasteiger partial charge in [-0.15, -0.1) is 0 Å². The summed E-state index contributed by atoms with van der Waals surface area (Å²) < 4.78 is 0. The van der Waals surface area contributed by atoms with Crippen molar-refractivity contribution < 1.29 is 4.79 Å². The Balaban J connectivity index is 0.000000816. The van der Waals surface area contributed by atoms with E-state index in [1.165, 1.54) is 38.6 Å². The van der Waals surface area contributed by atoms with Crippen LogP contribution in [0.4, 0.5) is 0 Å². The van der Waals surface area contributed by atoms with Crippen molar-refractivity contribution >= 4 is 5.91 Å². The van der Waals surface area contributed by atoms with Gasteiger partial charge in [0.05, 0.1) is 6.54 Å². The maximum atomic E-state index is 12.3. The molecule has 0 aromatic rings. The van der Waals surface area contributed by atoms with E-state index in [0.29, 0.717) is 12.5 Å². The van der Waals surface area contributed by atoms with Gasteiger partial charge >= 0.3 is 0 Å². The minimum atomic E-state index is 0.346. The number of rotatable bonds is 5. The highest BCUT2D eigenvalue weighted by molar-refractivity contribution is 5.78. The molecule has 4 heteroatoms. The zero-order chi connectivity index (χ0) is 17.1. The number of nitrogens with zero attached hydrogens (tertiary/aromatic N) is 3. The Morgan fingerprint density at radius 1 is 0.913 bits per heavy atom. The number of hydrogen-bond acceptors (Lipinski definition) is 3. The molecule has 0 aromatic heterocycles. The van der Waals surface area contributed by atoms with Crippen molar-refractivity contribution in [3.63, 3.8) is 0 Å². The lowest BCUT2D eigenvalue weighted by molar-refractivity contribution is -0.134. The quantitative estimate of drug-likeness (QED) is 0.777. The van der Waals surface area contributed by atoms with Gasteiger partial charge in [-0.3, -0.25) is 9.69 Å². The first kappa shape index (κ1) is 20.4. The Morgan fingerprint density at radius 3 is 1.96 bits per heavy atom. The molecule has 0 atom stereocenters. The molecule has 23 heavy (non-hydrogen) atoms. The molecule has 2 aliphatic rings. The van der Waals surface area contributed by atoms with Crippen LogP contribution in [0.2, 0.25) is 0 Å². The van der Waals surface area contributed by atoms with Gasteiger partial charge in [-0.05, 0) is 31.7 Å². The fourth-order valence-electron chi connectivity index (χ4n) is 3.10. The Hall–Kier alpha value is -0.610. The van der Waals surface area contributed by atoms with Crippen LogP contribution < -0.4 is 0 Å². The zero-order valence-electron chi connectivity index (χ0n) is 16.0. The van der Waals surface area contributed by atoms with Crippen molar-refractivity contribution in [1.82, 2.24) is 14.7 Å². The summed E-state index contributed by atoms with van der Waals surface area (Å²) in [5.74, 6) is 1.14. The Kier molecular flexibility index (Phi) is 10.5. The summed E-state index contributed by atoms with van der Waals surface area (Å²) in [5.41, 5.74) is 0. The third-order valence-corrected chi connectivity index (χ3v) is 4.79. The lowest BCUT2D eigenvalue weighted by Crippen LogP contribution is -2.51. The smallest absolute Gasteiger partial charge is 0.236 e. The lowest BCUT2D eigenvalue weighted by atomic mass is 9.99. The van der Waals surface area contributed by atoms with E-state index in [0.717, 1.165) is 45.2 Å². The monoisotopic (exact) mass is 325 g/mol. The summed E-state index contributed by atoms with van der Waals surface area (Å²) in [6, 6.07) is 0. The van der Waals surface area contributed by atoms with Crippen LogP contribution in [0.3, 0.4) is 0 Å². The highest BCUT2D eigenvalue weighted by Gasteiger charge is 2.23. The highest BCUT2D eigenvalue weighted by Crippen LogP contribution is 2.16. The minimum Gasteiger partial charge on any atom is -0.342 e. The number of piperazine rings is 1. The predicted molar refractivity (Wildman–Crippen MR) is 98.7 cm³/mol. The molecule has 4 nitrogen and oxygen atoms in total. The van der Waals surface area contributed by atoms with E-state index in [4.69, 9.17) is 0 Å². The van der Waals surface area contributed by atoms with Crippen LogP contribution in [0.15, 0.2) is 0 Å². The SMILES string of the molecule is CCC.CCCCN1CCN(CC(=O)N2CCC(C)CC2)CC1. The maximum absolute atomic E-state index is 12.3. The molecular weight excluding hydrogens is 286 g/mol. The molecule has 2 aliphatic heterocycles. The summed E-state index contributed by atoms with van der Waals surface area (Å²) in [5, 5.41) is 0. The van der Waals surface area contributed by atoms with E-state index in [-0.39, 0.29) is 0 Å². The van der Waals surface area contributed by atoms with Gasteiger partial charge in [0.2, 0.25) is 5.91 Å². The van der Waals surface area contributed by atoms with Crippen LogP contribution in [-0.4, -0.2) is 73.0 Å². The molecule has 0 unspecified atom stereocenters. The molecule has 2 rings (SSSR count). The number of amides is 1. The van der Waals surface area contributed by atoms with E-state index < -0.39 is 0 Å². The van der Waals surface area contributed by atoms with Gasteiger partial charge in [0.1, 0.15) is 0 Å². The summed E-state index contributed by atoms with van der Waals surface area (Å²) >= 11 is 0. The third kappa shape index (κ3) is 8.16. The second-order valence-electron chi connectivity index (χ2n) is 7.24. The van der Waals surface area contributed by atoms with Gasteiger partial charge < -0.3 is 9.80 Å². The van der Waals surface area contributed by atoms with Gasteiger partial charge in [-0.25, -0.2) is 0 Å². The van der Waals surface area contributed by atoms with Crippen molar-refractivity contribution in [2.45, 2.75) is 59.8 Å². The van der Waals surface area contributed by atoms with Crippen molar-refractivity contribution in [2.75, 3.05) is 52.4 Å². The van der Waals surface area contributed by atoms with Crippen molar-refractivity contribution in [3.05, 3.63) is 0 Å². The number of likely N-dealkylation sites (tertiary alicyclic amines) is 1. The normalized spacial score (nSPS) is 21.0. The molecule has 0 spiro atoms. The average molecular weight is 326 g/mol. The second kappa shape index (κ2) is 11.9. The summed E-state index contributed by atoms with van der Waals surface area (Å²) in [6.45, 7) is 16.9. The van der Waals surface area contributed by atoms with Gasteiger partial charge in [-0.2, -0.15) is 0 Å². The molecule has 2 heterocycles. The van der Waals surface area contributed by atoms with Gasteiger partial charge in [0, 0.05) is 39.3 Å². The molecule has 2 fully saturated rings. The molecule has 0 N–H and O–H groups in total. The van der Waals surface area contributed by atoms with Crippen LogP contribution in [0, 0.1) is 5.92 Å². The first-order valence-electron chi connectivity index (χ1n) is 9.83. The van der Waals surface area contributed by atoms with Crippen LogP contribution in [-0.2, 0) is 4.79 Å². The lowest BCUT2D eigenvalue weighted by Gasteiger charge is -2.36. The minimum absolute atomic E-state index is 0.346. The highest BCUT2D eigenvalue weighted by atomic mass is 16.2. The Labute approximate surface area is 144 Å². The van der Waals surface area contributed by atoms with Crippen LogP contribution in [0.1, 0.15) is 59.8 Å². The van der Waals surface area contributed by atoms with Gasteiger partial charge in [0.15, 0.2) is 0 Å². The Morgan fingerprint density at radius 2 is 1.43 bits per heavy atom. The summed E-state index contributed by atoms with van der Waals surface area (Å²) in [7, 11) is 0. The summed E-state index contributed by atoms with van der Waals surface area (Å²) in [6.07, 6.45) is 6.17. The van der Waals surface area contributed by atoms with Crippen LogP contribution in [0.5, 0.6) is 0 Å². The third-order valence-electron chi connectivity index (χ3n) is 4.79. The van der Waals surface area contributed by atoms with E-state index in [1.54, 1.807) is 0 Å². The zero-order valence-corrected chi connectivity index (χ0v) is 16.0. The molecule has 0 radical (unpaired) electrons. The molecule has 136 valence electrons. The predicted octanol–water partition coefficient (Wildman–Crippen LogP) is 3.08. The van der Waals surface area contributed by atoms with E-state index in [2.05, 4.69) is 42.4 Å². The maximum Gasteiger partial charge on any atom is 0.236 e. The molecule has 0 saturated carbocycles. The molecular formula is C19H39N3O. The average Bonchev–Trinajstić information content (AvgIpc) is 2.55. The molecule has 1 amide bonds. The molecule has 2 saturated heterocycles. The standard InChI is InChI=1S/C16H31N3O.C3H8/c1-3-4-7-17-10-12-18(13-11-17)14-16(20)19-8-5-15(2)6-9-19;1-3-2/h15H,3-14H2,1-2H3;3H2,1-2H3. The largest absolute Gasteiger partial charge is 0.342 e. The van der Waals surface area contributed by atoms with E-state index >= 15 is 0 Å².